The molecule has 0 saturated carbocycles. The third-order valence-corrected chi connectivity index (χ3v) is 2.58. The van der Waals surface area contributed by atoms with Crippen LogP contribution in [0.3, 0.4) is 0 Å². The van der Waals surface area contributed by atoms with Crippen molar-refractivity contribution in [2.75, 3.05) is 5.32 Å². The topological polar surface area (TPSA) is 80.0 Å². The molecule has 0 saturated heterocycles. The monoisotopic (exact) mass is 246 g/mol. The minimum absolute atomic E-state index is 0.218. The molecule has 6 nitrogen and oxygen atoms in total. The second-order valence-electron chi connectivity index (χ2n) is 4.00. The van der Waals surface area contributed by atoms with Gasteiger partial charge in [-0.05, 0) is 19.1 Å². The van der Waals surface area contributed by atoms with E-state index in [1.165, 1.54) is 18.3 Å². The number of aromatic nitrogens is 3. The minimum Gasteiger partial charge on any atom is -0.478 e. The molecule has 2 rings (SSSR count). The largest absolute Gasteiger partial charge is 0.478 e. The first-order valence-electron chi connectivity index (χ1n) is 5.48. The second kappa shape index (κ2) is 4.87. The van der Waals surface area contributed by atoms with Crippen molar-refractivity contribution in [1.82, 2.24) is 14.8 Å². The van der Waals surface area contributed by atoms with Crippen LogP contribution in [0.5, 0.6) is 0 Å². The summed E-state index contributed by atoms with van der Waals surface area (Å²) in [5, 5.41) is 16.2. The van der Waals surface area contributed by atoms with Crippen LogP contribution in [0.1, 0.15) is 21.6 Å². The molecule has 0 amide bonds. The van der Waals surface area contributed by atoms with Crippen molar-refractivity contribution >= 4 is 11.8 Å². The van der Waals surface area contributed by atoms with E-state index in [2.05, 4.69) is 15.4 Å². The van der Waals surface area contributed by atoms with Gasteiger partial charge in [0, 0.05) is 31.5 Å². The van der Waals surface area contributed by atoms with Crippen LogP contribution in [0.2, 0.25) is 0 Å². The van der Waals surface area contributed by atoms with Gasteiger partial charge in [-0.15, -0.1) is 0 Å². The van der Waals surface area contributed by atoms with Gasteiger partial charge in [-0.2, -0.15) is 5.10 Å². The molecule has 0 spiro atoms. The zero-order valence-electron chi connectivity index (χ0n) is 10.2. The lowest BCUT2D eigenvalue weighted by atomic mass is 10.2. The number of rotatable bonds is 4. The Morgan fingerprint density at radius 1 is 1.56 bits per heavy atom. The fourth-order valence-electron chi connectivity index (χ4n) is 1.67. The van der Waals surface area contributed by atoms with Gasteiger partial charge in [-0.25, -0.2) is 9.78 Å². The number of hydrogen-bond donors (Lipinski definition) is 2. The standard InChI is InChI=1S/C12H14N4O2/c1-8-10(7-16(2)15-8)6-14-11-5-9(12(17)18)3-4-13-11/h3-5,7H,6H2,1-2H3,(H,13,14)(H,17,18). The molecule has 0 fully saturated rings. The maximum Gasteiger partial charge on any atom is 0.335 e. The molecule has 2 aromatic heterocycles. The van der Waals surface area contributed by atoms with Crippen LogP contribution < -0.4 is 5.32 Å². The maximum absolute atomic E-state index is 10.8. The number of aromatic carboxylic acids is 1. The van der Waals surface area contributed by atoms with E-state index >= 15 is 0 Å². The minimum atomic E-state index is -0.960. The predicted octanol–water partition coefficient (Wildman–Crippen LogP) is 1.43. The van der Waals surface area contributed by atoms with E-state index in [0.29, 0.717) is 12.4 Å². The third kappa shape index (κ3) is 2.65. The Morgan fingerprint density at radius 3 is 2.94 bits per heavy atom. The number of pyridine rings is 1. The van der Waals surface area contributed by atoms with Gasteiger partial charge in [0.2, 0.25) is 0 Å². The first-order valence-corrected chi connectivity index (χ1v) is 5.48. The summed E-state index contributed by atoms with van der Waals surface area (Å²) in [6.45, 7) is 2.49. The van der Waals surface area contributed by atoms with E-state index in [-0.39, 0.29) is 5.56 Å². The Bertz CT molecular complexity index is 577. The zero-order chi connectivity index (χ0) is 13.1. The smallest absolute Gasteiger partial charge is 0.335 e. The maximum atomic E-state index is 10.8. The molecule has 2 N–H and O–H groups in total. The Kier molecular flexibility index (Phi) is 3.27. The quantitative estimate of drug-likeness (QED) is 0.853. The van der Waals surface area contributed by atoms with Gasteiger partial charge >= 0.3 is 5.97 Å². The molecule has 0 aliphatic rings. The summed E-state index contributed by atoms with van der Waals surface area (Å²) in [4.78, 5) is 14.9. The van der Waals surface area contributed by atoms with Crippen LogP contribution in [-0.2, 0) is 13.6 Å². The highest BCUT2D eigenvalue weighted by molar-refractivity contribution is 5.88. The highest BCUT2D eigenvalue weighted by Gasteiger charge is 2.06. The molecule has 0 aromatic carbocycles. The van der Waals surface area contributed by atoms with Gasteiger partial charge in [0.15, 0.2) is 0 Å². The molecule has 2 heterocycles. The van der Waals surface area contributed by atoms with Crippen molar-refractivity contribution in [2.24, 2.45) is 7.05 Å². The van der Waals surface area contributed by atoms with E-state index in [9.17, 15) is 4.79 Å². The Hall–Kier alpha value is -2.37. The van der Waals surface area contributed by atoms with Crippen molar-refractivity contribution in [1.29, 1.82) is 0 Å². The second-order valence-corrected chi connectivity index (χ2v) is 4.00. The molecule has 0 unspecified atom stereocenters. The molecule has 0 radical (unpaired) electrons. The average Bonchev–Trinajstić information content (AvgIpc) is 2.65. The lowest BCUT2D eigenvalue weighted by Crippen LogP contribution is -2.04. The van der Waals surface area contributed by atoms with Crippen molar-refractivity contribution < 1.29 is 9.90 Å². The summed E-state index contributed by atoms with van der Waals surface area (Å²) in [5.74, 6) is -0.420. The van der Waals surface area contributed by atoms with Gasteiger partial charge in [0.1, 0.15) is 5.82 Å². The van der Waals surface area contributed by atoms with Crippen LogP contribution in [0, 0.1) is 6.92 Å². The first kappa shape index (κ1) is 12.1. The zero-order valence-corrected chi connectivity index (χ0v) is 10.2. The summed E-state index contributed by atoms with van der Waals surface area (Å²) in [6.07, 6.45) is 3.39. The summed E-state index contributed by atoms with van der Waals surface area (Å²) < 4.78 is 1.74. The number of nitrogens with one attached hydrogen (secondary N) is 1. The van der Waals surface area contributed by atoms with Gasteiger partial charge in [0.25, 0.3) is 0 Å². The summed E-state index contributed by atoms with van der Waals surface area (Å²) in [5.41, 5.74) is 2.22. The van der Waals surface area contributed by atoms with Crippen LogP contribution in [0.25, 0.3) is 0 Å². The highest BCUT2D eigenvalue weighted by Crippen LogP contribution is 2.10. The van der Waals surface area contributed by atoms with E-state index < -0.39 is 5.97 Å². The Morgan fingerprint density at radius 2 is 2.33 bits per heavy atom. The summed E-state index contributed by atoms with van der Waals surface area (Å²) in [6, 6.07) is 2.97. The Balaban J connectivity index is 2.08. The number of nitrogens with zero attached hydrogens (tertiary/aromatic N) is 3. The number of carboxylic acids is 1. The molecule has 0 aliphatic carbocycles. The SMILES string of the molecule is Cc1nn(C)cc1CNc1cc(C(=O)O)ccn1. The van der Waals surface area contributed by atoms with Crippen LogP contribution in [0.15, 0.2) is 24.5 Å². The number of carboxylic acid groups (broad SMARTS) is 1. The number of aryl methyl sites for hydroxylation is 2. The van der Waals surface area contributed by atoms with Crippen LogP contribution >= 0.6 is 0 Å². The molecule has 2 aromatic rings. The van der Waals surface area contributed by atoms with E-state index in [1.54, 1.807) is 4.68 Å². The summed E-state index contributed by atoms with van der Waals surface area (Å²) in [7, 11) is 1.86. The molecule has 0 atom stereocenters. The molecule has 18 heavy (non-hydrogen) atoms. The molecule has 6 heteroatoms. The molecular weight excluding hydrogens is 232 g/mol. The van der Waals surface area contributed by atoms with E-state index in [0.717, 1.165) is 11.3 Å². The van der Waals surface area contributed by atoms with Gasteiger partial charge in [0.05, 0.1) is 11.3 Å². The first-order chi connectivity index (χ1) is 8.56. The highest BCUT2D eigenvalue weighted by atomic mass is 16.4. The van der Waals surface area contributed by atoms with Gasteiger partial charge in [-0.1, -0.05) is 0 Å². The van der Waals surface area contributed by atoms with Crippen molar-refractivity contribution in [3.8, 4) is 0 Å². The lowest BCUT2D eigenvalue weighted by Gasteiger charge is -2.05. The molecule has 94 valence electrons. The predicted molar refractivity (Wildman–Crippen MR) is 66.5 cm³/mol. The van der Waals surface area contributed by atoms with E-state index in [4.69, 9.17) is 5.11 Å². The van der Waals surface area contributed by atoms with Gasteiger partial charge < -0.3 is 10.4 Å². The Labute approximate surface area is 104 Å². The molecular formula is C12H14N4O2. The number of anilines is 1. The van der Waals surface area contributed by atoms with Gasteiger partial charge in [-0.3, -0.25) is 4.68 Å². The normalized spacial score (nSPS) is 10.3. The fourth-order valence-corrected chi connectivity index (χ4v) is 1.67. The number of carbonyl (C=O) groups is 1. The van der Waals surface area contributed by atoms with Crippen molar-refractivity contribution in [3.63, 3.8) is 0 Å². The molecule has 0 bridgehead atoms. The van der Waals surface area contributed by atoms with Crippen LogP contribution in [0.4, 0.5) is 5.82 Å². The number of hydrogen-bond acceptors (Lipinski definition) is 4. The van der Waals surface area contributed by atoms with Crippen molar-refractivity contribution in [3.05, 3.63) is 41.3 Å². The van der Waals surface area contributed by atoms with Crippen molar-refractivity contribution in [2.45, 2.75) is 13.5 Å². The average molecular weight is 246 g/mol. The summed E-state index contributed by atoms with van der Waals surface area (Å²) >= 11 is 0. The molecule has 0 aliphatic heterocycles. The third-order valence-electron chi connectivity index (χ3n) is 2.58. The lowest BCUT2D eigenvalue weighted by molar-refractivity contribution is 0.0697. The van der Waals surface area contributed by atoms with E-state index in [1.807, 2.05) is 20.2 Å². The van der Waals surface area contributed by atoms with Crippen LogP contribution in [-0.4, -0.2) is 25.8 Å². The fraction of sp³-hybridized carbons (Fsp3) is 0.250.